The normalized spacial score (nSPS) is 31.1. The third kappa shape index (κ3) is 5.21. The molecule has 2 aliphatic rings. The summed E-state index contributed by atoms with van der Waals surface area (Å²) in [6.07, 6.45) is 3.62. The molecule has 122 valence electrons. The van der Waals surface area contributed by atoms with Crippen LogP contribution in [-0.2, 0) is 15.0 Å². The Morgan fingerprint density at radius 3 is 2.86 bits per heavy atom. The van der Waals surface area contributed by atoms with E-state index in [0.717, 1.165) is 38.8 Å². The van der Waals surface area contributed by atoms with Gasteiger partial charge in [0.15, 0.2) is 0 Å². The van der Waals surface area contributed by atoms with Gasteiger partial charge in [0, 0.05) is 31.6 Å². The van der Waals surface area contributed by atoms with Crippen molar-refractivity contribution in [2.75, 3.05) is 26.2 Å². The first-order valence-electron chi connectivity index (χ1n) is 7.64. The standard InChI is InChI=1S/C13H26N4O3S/c1-10-7-12(4-5-15-10)13(18)17-6-2-3-11(9-17)8-16-21(14,19)20/h10-12,15-16H,2-9H2,1H3,(H2,14,19,20). The van der Waals surface area contributed by atoms with Gasteiger partial charge < -0.3 is 10.2 Å². The SMILES string of the molecule is CC1CC(C(=O)N2CCCC(CNS(N)(=O)=O)C2)CCN1. The van der Waals surface area contributed by atoms with E-state index in [0.29, 0.717) is 19.1 Å². The Morgan fingerprint density at radius 2 is 2.19 bits per heavy atom. The number of carbonyl (C=O) groups is 1. The molecule has 7 nitrogen and oxygen atoms in total. The summed E-state index contributed by atoms with van der Waals surface area (Å²) in [5.41, 5.74) is 0. The zero-order valence-corrected chi connectivity index (χ0v) is 13.4. The summed E-state index contributed by atoms with van der Waals surface area (Å²) in [6, 6.07) is 0.386. The second kappa shape index (κ2) is 7.04. The van der Waals surface area contributed by atoms with E-state index in [1.54, 1.807) is 0 Å². The van der Waals surface area contributed by atoms with Crippen molar-refractivity contribution in [3.8, 4) is 0 Å². The molecule has 2 fully saturated rings. The molecule has 0 aliphatic carbocycles. The number of hydrogen-bond donors (Lipinski definition) is 3. The summed E-state index contributed by atoms with van der Waals surface area (Å²) < 4.78 is 24.2. The second-order valence-electron chi connectivity index (χ2n) is 6.26. The Balaban J connectivity index is 1.86. The van der Waals surface area contributed by atoms with E-state index in [1.807, 2.05) is 4.90 Å². The van der Waals surface area contributed by atoms with Gasteiger partial charge in [-0.3, -0.25) is 4.79 Å². The summed E-state index contributed by atoms with van der Waals surface area (Å²) in [4.78, 5) is 14.5. The molecule has 8 heteroatoms. The molecular formula is C13H26N4O3S. The van der Waals surface area contributed by atoms with Crippen LogP contribution in [0.5, 0.6) is 0 Å². The molecule has 2 aliphatic heterocycles. The Labute approximate surface area is 126 Å². The van der Waals surface area contributed by atoms with Crippen molar-refractivity contribution in [3.63, 3.8) is 0 Å². The summed E-state index contributed by atoms with van der Waals surface area (Å²) >= 11 is 0. The van der Waals surface area contributed by atoms with Gasteiger partial charge >= 0.3 is 0 Å². The van der Waals surface area contributed by atoms with Gasteiger partial charge in [0.1, 0.15) is 0 Å². The van der Waals surface area contributed by atoms with Crippen molar-refractivity contribution in [2.24, 2.45) is 17.0 Å². The number of likely N-dealkylation sites (tertiary alicyclic amines) is 1. The maximum Gasteiger partial charge on any atom is 0.274 e. The topological polar surface area (TPSA) is 105 Å². The largest absolute Gasteiger partial charge is 0.342 e. The van der Waals surface area contributed by atoms with Crippen LogP contribution in [0.25, 0.3) is 0 Å². The minimum absolute atomic E-state index is 0.103. The molecule has 4 N–H and O–H groups in total. The van der Waals surface area contributed by atoms with Crippen molar-refractivity contribution >= 4 is 16.1 Å². The first-order chi connectivity index (χ1) is 9.85. The molecule has 0 saturated carbocycles. The number of amides is 1. The highest BCUT2D eigenvalue weighted by Crippen LogP contribution is 2.23. The van der Waals surface area contributed by atoms with E-state index in [4.69, 9.17) is 5.14 Å². The van der Waals surface area contributed by atoms with E-state index in [9.17, 15) is 13.2 Å². The average Bonchev–Trinajstić information content (AvgIpc) is 2.44. The van der Waals surface area contributed by atoms with Crippen molar-refractivity contribution in [1.82, 2.24) is 14.9 Å². The van der Waals surface area contributed by atoms with Crippen LogP contribution < -0.4 is 15.2 Å². The fourth-order valence-corrected chi connectivity index (χ4v) is 3.75. The van der Waals surface area contributed by atoms with Crippen LogP contribution in [0.15, 0.2) is 0 Å². The summed E-state index contributed by atoms with van der Waals surface area (Å²) in [6.45, 7) is 4.71. The first-order valence-corrected chi connectivity index (χ1v) is 9.19. The molecule has 2 rings (SSSR count). The third-order valence-corrected chi connectivity index (χ3v) is 4.95. The third-order valence-electron chi connectivity index (χ3n) is 4.38. The highest BCUT2D eigenvalue weighted by molar-refractivity contribution is 7.87. The number of nitrogens with one attached hydrogen (secondary N) is 2. The lowest BCUT2D eigenvalue weighted by Crippen LogP contribution is -2.49. The van der Waals surface area contributed by atoms with Crippen molar-refractivity contribution < 1.29 is 13.2 Å². The minimum atomic E-state index is -3.65. The van der Waals surface area contributed by atoms with Crippen LogP contribution in [0.3, 0.4) is 0 Å². The van der Waals surface area contributed by atoms with Gasteiger partial charge in [-0.15, -0.1) is 0 Å². The molecule has 0 aromatic rings. The zero-order valence-electron chi connectivity index (χ0n) is 12.5. The maximum atomic E-state index is 12.6. The van der Waals surface area contributed by atoms with Crippen LogP contribution >= 0.6 is 0 Å². The molecule has 21 heavy (non-hydrogen) atoms. The molecule has 0 aromatic heterocycles. The van der Waals surface area contributed by atoms with Gasteiger partial charge in [0.2, 0.25) is 5.91 Å². The number of nitrogens with two attached hydrogens (primary N) is 1. The number of piperidine rings is 2. The molecule has 3 unspecified atom stereocenters. The number of rotatable bonds is 4. The van der Waals surface area contributed by atoms with Crippen LogP contribution in [0.1, 0.15) is 32.6 Å². The Kier molecular flexibility index (Phi) is 5.59. The van der Waals surface area contributed by atoms with Gasteiger partial charge in [-0.05, 0) is 45.1 Å². The Bertz CT molecular complexity index is 468. The van der Waals surface area contributed by atoms with Gasteiger partial charge in [-0.2, -0.15) is 8.42 Å². The van der Waals surface area contributed by atoms with Gasteiger partial charge in [0.05, 0.1) is 0 Å². The highest BCUT2D eigenvalue weighted by atomic mass is 32.2. The lowest BCUT2D eigenvalue weighted by Gasteiger charge is -2.37. The highest BCUT2D eigenvalue weighted by Gasteiger charge is 2.31. The fourth-order valence-electron chi connectivity index (χ4n) is 3.28. The minimum Gasteiger partial charge on any atom is -0.342 e. The van der Waals surface area contributed by atoms with E-state index in [-0.39, 0.29) is 17.7 Å². The Morgan fingerprint density at radius 1 is 1.43 bits per heavy atom. The molecule has 2 heterocycles. The smallest absolute Gasteiger partial charge is 0.274 e. The summed E-state index contributed by atoms with van der Waals surface area (Å²) in [7, 11) is -3.65. The predicted molar refractivity (Wildman–Crippen MR) is 80.6 cm³/mol. The van der Waals surface area contributed by atoms with Crippen LogP contribution in [0.2, 0.25) is 0 Å². The van der Waals surface area contributed by atoms with Crippen molar-refractivity contribution in [2.45, 2.75) is 38.6 Å². The molecular weight excluding hydrogens is 292 g/mol. The zero-order chi connectivity index (χ0) is 15.5. The molecule has 2 saturated heterocycles. The summed E-state index contributed by atoms with van der Waals surface area (Å²) in [5.74, 6) is 0.481. The average molecular weight is 318 g/mol. The Hall–Kier alpha value is -0.700. The molecule has 0 spiro atoms. The lowest BCUT2D eigenvalue weighted by molar-refractivity contribution is -0.138. The van der Waals surface area contributed by atoms with Gasteiger partial charge in [-0.25, -0.2) is 9.86 Å². The van der Waals surface area contributed by atoms with Crippen molar-refractivity contribution in [1.29, 1.82) is 0 Å². The molecule has 0 bridgehead atoms. The maximum absolute atomic E-state index is 12.6. The molecule has 0 radical (unpaired) electrons. The monoisotopic (exact) mass is 318 g/mol. The van der Waals surface area contributed by atoms with Crippen LogP contribution in [0.4, 0.5) is 0 Å². The second-order valence-corrected chi connectivity index (χ2v) is 7.64. The van der Waals surface area contributed by atoms with E-state index >= 15 is 0 Å². The number of hydrogen-bond acceptors (Lipinski definition) is 4. The number of carbonyl (C=O) groups excluding carboxylic acids is 1. The molecule has 0 aromatic carbocycles. The van der Waals surface area contributed by atoms with Crippen molar-refractivity contribution in [3.05, 3.63) is 0 Å². The number of nitrogens with zero attached hydrogens (tertiary/aromatic N) is 1. The van der Waals surface area contributed by atoms with Gasteiger partial charge in [0.25, 0.3) is 10.2 Å². The summed E-state index contributed by atoms with van der Waals surface area (Å²) in [5, 5.41) is 8.31. The van der Waals surface area contributed by atoms with Crippen LogP contribution in [0, 0.1) is 11.8 Å². The first kappa shape index (κ1) is 16.7. The van der Waals surface area contributed by atoms with E-state index in [1.165, 1.54) is 0 Å². The fraction of sp³-hybridized carbons (Fsp3) is 0.923. The lowest BCUT2D eigenvalue weighted by atomic mass is 9.90. The van der Waals surface area contributed by atoms with Crippen LogP contribution in [-0.4, -0.2) is 51.4 Å². The molecule has 3 atom stereocenters. The van der Waals surface area contributed by atoms with E-state index < -0.39 is 10.2 Å². The quantitative estimate of drug-likeness (QED) is 0.644. The van der Waals surface area contributed by atoms with E-state index in [2.05, 4.69) is 17.0 Å². The van der Waals surface area contributed by atoms with Gasteiger partial charge in [-0.1, -0.05) is 0 Å². The predicted octanol–water partition coefficient (Wildman–Crippen LogP) is -0.594. The molecule has 1 amide bonds.